The Balaban J connectivity index is 1.60. The number of halogens is 1. The molecule has 0 atom stereocenters. The standard InChI is InChI=1S/C19H20ClN5O/c1-3-25-14(2)16(12-21-25)7-8-19(26)22-18-9-10-24(23-18)13-15-5-4-6-17(20)11-15/h4-12H,3,13H2,1-2H3,(H,22,23,26)/b8-7+. The second-order valence-electron chi connectivity index (χ2n) is 5.85. The van der Waals surface area contributed by atoms with Crippen LogP contribution in [0, 0.1) is 6.92 Å². The molecule has 0 radical (unpaired) electrons. The van der Waals surface area contributed by atoms with E-state index in [1.165, 1.54) is 6.08 Å². The summed E-state index contributed by atoms with van der Waals surface area (Å²) in [6.07, 6.45) is 6.81. The van der Waals surface area contributed by atoms with E-state index in [4.69, 9.17) is 11.6 Å². The van der Waals surface area contributed by atoms with E-state index in [0.29, 0.717) is 17.4 Å². The van der Waals surface area contributed by atoms with E-state index >= 15 is 0 Å². The summed E-state index contributed by atoms with van der Waals surface area (Å²) in [6.45, 7) is 5.39. The molecule has 1 aromatic carbocycles. The number of hydrogen-bond donors (Lipinski definition) is 1. The summed E-state index contributed by atoms with van der Waals surface area (Å²) in [5.74, 6) is 0.268. The number of nitrogens with one attached hydrogen (secondary N) is 1. The Labute approximate surface area is 157 Å². The summed E-state index contributed by atoms with van der Waals surface area (Å²) in [5, 5.41) is 12.1. The van der Waals surface area contributed by atoms with E-state index in [9.17, 15) is 4.79 Å². The van der Waals surface area contributed by atoms with Crippen LogP contribution in [0.3, 0.4) is 0 Å². The second-order valence-corrected chi connectivity index (χ2v) is 6.29. The van der Waals surface area contributed by atoms with Crippen LogP contribution in [-0.4, -0.2) is 25.5 Å². The molecule has 0 saturated carbocycles. The van der Waals surface area contributed by atoms with Gasteiger partial charge < -0.3 is 5.32 Å². The first-order valence-electron chi connectivity index (χ1n) is 8.34. The lowest BCUT2D eigenvalue weighted by Gasteiger charge is -2.02. The lowest BCUT2D eigenvalue weighted by molar-refractivity contribution is -0.111. The molecule has 0 bridgehead atoms. The molecule has 0 unspecified atom stereocenters. The molecule has 0 aliphatic heterocycles. The van der Waals surface area contributed by atoms with Gasteiger partial charge >= 0.3 is 0 Å². The highest BCUT2D eigenvalue weighted by Gasteiger charge is 2.05. The lowest BCUT2D eigenvalue weighted by Crippen LogP contribution is -2.09. The summed E-state index contributed by atoms with van der Waals surface area (Å²) in [6, 6.07) is 9.36. The van der Waals surface area contributed by atoms with Gasteiger partial charge in [-0.25, -0.2) is 0 Å². The number of rotatable bonds is 6. The molecule has 0 saturated heterocycles. The molecule has 0 aliphatic carbocycles. The minimum Gasteiger partial charge on any atom is -0.306 e. The van der Waals surface area contributed by atoms with Crippen LogP contribution in [0.15, 0.2) is 48.8 Å². The number of benzene rings is 1. The smallest absolute Gasteiger partial charge is 0.249 e. The van der Waals surface area contributed by atoms with E-state index in [2.05, 4.69) is 15.5 Å². The van der Waals surface area contributed by atoms with Crippen LogP contribution in [-0.2, 0) is 17.9 Å². The van der Waals surface area contributed by atoms with Gasteiger partial charge in [-0.15, -0.1) is 0 Å². The van der Waals surface area contributed by atoms with E-state index in [-0.39, 0.29) is 5.91 Å². The molecule has 7 heteroatoms. The van der Waals surface area contributed by atoms with Crippen molar-refractivity contribution in [3.05, 3.63) is 70.6 Å². The van der Waals surface area contributed by atoms with Crippen LogP contribution in [0.5, 0.6) is 0 Å². The van der Waals surface area contributed by atoms with Crippen molar-refractivity contribution >= 4 is 29.4 Å². The van der Waals surface area contributed by atoms with Crippen LogP contribution in [0.4, 0.5) is 5.82 Å². The molecule has 6 nitrogen and oxygen atoms in total. The fourth-order valence-electron chi connectivity index (χ4n) is 2.62. The first kappa shape index (κ1) is 17.9. The second kappa shape index (κ2) is 8.01. The zero-order chi connectivity index (χ0) is 18.5. The van der Waals surface area contributed by atoms with Crippen LogP contribution in [0.2, 0.25) is 5.02 Å². The molecule has 134 valence electrons. The summed E-state index contributed by atoms with van der Waals surface area (Å²) >= 11 is 5.99. The third kappa shape index (κ3) is 4.40. The quantitative estimate of drug-likeness (QED) is 0.673. The highest BCUT2D eigenvalue weighted by molar-refractivity contribution is 6.30. The zero-order valence-corrected chi connectivity index (χ0v) is 15.4. The third-order valence-corrected chi connectivity index (χ3v) is 4.22. The van der Waals surface area contributed by atoms with Gasteiger partial charge in [-0.1, -0.05) is 23.7 Å². The van der Waals surface area contributed by atoms with E-state index in [1.54, 1.807) is 23.0 Å². The highest BCUT2D eigenvalue weighted by Crippen LogP contribution is 2.13. The van der Waals surface area contributed by atoms with Crippen molar-refractivity contribution in [3.8, 4) is 0 Å². The fourth-order valence-corrected chi connectivity index (χ4v) is 2.83. The van der Waals surface area contributed by atoms with Gasteiger partial charge in [0, 0.05) is 41.2 Å². The summed E-state index contributed by atoms with van der Waals surface area (Å²) in [5.41, 5.74) is 3.00. The lowest BCUT2D eigenvalue weighted by atomic mass is 10.2. The van der Waals surface area contributed by atoms with Crippen molar-refractivity contribution in [1.82, 2.24) is 19.6 Å². The summed E-state index contributed by atoms with van der Waals surface area (Å²) < 4.78 is 3.63. The zero-order valence-electron chi connectivity index (χ0n) is 14.7. The van der Waals surface area contributed by atoms with Gasteiger partial charge in [-0.2, -0.15) is 10.2 Å². The molecule has 0 aliphatic rings. The van der Waals surface area contributed by atoms with Gasteiger partial charge in [0.1, 0.15) is 0 Å². The Bertz CT molecular complexity index is 941. The van der Waals surface area contributed by atoms with Gasteiger partial charge in [-0.05, 0) is 37.6 Å². The maximum Gasteiger partial charge on any atom is 0.249 e. The van der Waals surface area contributed by atoms with Gasteiger partial charge in [0.15, 0.2) is 5.82 Å². The van der Waals surface area contributed by atoms with Crippen molar-refractivity contribution in [3.63, 3.8) is 0 Å². The Kier molecular flexibility index (Phi) is 5.53. The van der Waals surface area contributed by atoms with Crippen molar-refractivity contribution < 1.29 is 4.79 Å². The number of carbonyl (C=O) groups excluding carboxylic acids is 1. The van der Waals surface area contributed by atoms with Gasteiger partial charge in [0.2, 0.25) is 5.91 Å². The summed E-state index contributed by atoms with van der Waals surface area (Å²) in [4.78, 5) is 12.1. The van der Waals surface area contributed by atoms with Crippen LogP contribution >= 0.6 is 11.6 Å². The third-order valence-electron chi connectivity index (χ3n) is 3.98. The van der Waals surface area contributed by atoms with Crippen molar-refractivity contribution in [2.24, 2.45) is 0 Å². The number of amides is 1. The Morgan fingerprint density at radius 3 is 2.92 bits per heavy atom. The number of aryl methyl sites for hydroxylation is 1. The van der Waals surface area contributed by atoms with Crippen LogP contribution in [0.1, 0.15) is 23.7 Å². The molecule has 0 spiro atoms. The maximum atomic E-state index is 12.1. The topological polar surface area (TPSA) is 64.7 Å². The largest absolute Gasteiger partial charge is 0.306 e. The fraction of sp³-hybridized carbons (Fsp3) is 0.211. The SMILES string of the molecule is CCn1ncc(/C=C/C(=O)Nc2ccn(Cc3cccc(Cl)c3)n2)c1C. The Hall–Kier alpha value is -2.86. The highest BCUT2D eigenvalue weighted by atomic mass is 35.5. The number of carbonyl (C=O) groups is 1. The van der Waals surface area contributed by atoms with Crippen molar-refractivity contribution in [2.45, 2.75) is 26.9 Å². The molecule has 3 aromatic rings. The Morgan fingerprint density at radius 1 is 1.35 bits per heavy atom. The van der Waals surface area contributed by atoms with E-state index in [0.717, 1.165) is 23.4 Å². The molecule has 2 heterocycles. The molecule has 2 aromatic heterocycles. The molecule has 1 amide bonds. The minimum atomic E-state index is -0.235. The van der Waals surface area contributed by atoms with Gasteiger partial charge in [0.05, 0.1) is 12.7 Å². The number of nitrogens with zero attached hydrogens (tertiary/aromatic N) is 4. The average molecular weight is 370 g/mol. The van der Waals surface area contributed by atoms with Gasteiger partial charge in [-0.3, -0.25) is 14.2 Å². The van der Waals surface area contributed by atoms with Gasteiger partial charge in [0.25, 0.3) is 0 Å². The number of anilines is 1. The van der Waals surface area contributed by atoms with Crippen LogP contribution in [0.25, 0.3) is 6.08 Å². The molecule has 3 rings (SSSR count). The van der Waals surface area contributed by atoms with E-state index in [1.807, 2.05) is 49.0 Å². The predicted octanol–water partition coefficient (Wildman–Crippen LogP) is 3.76. The number of hydrogen-bond acceptors (Lipinski definition) is 3. The minimum absolute atomic E-state index is 0.235. The Morgan fingerprint density at radius 2 is 2.19 bits per heavy atom. The number of aromatic nitrogens is 4. The van der Waals surface area contributed by atoms with Crippen molar-refractivity contribution in [1.29, 1.82) is 0 Å². The monoisotopic (exact) mass is 369 g/mol. The first-order valence-corrected chi connectivity index (χ1v) is 8.72. The molecular formula is C19H20ClN5O. The predicted molar refractivity (Wildman–Crippen MR) is 103 cm³/mol. The van der Waals surface area contributed by atoms with Crippen molar-refractivity contribution in [2.75, 3.05) is 5.32 Å². The maximum absolute atomic E-state index is 12.1. The summed E-state index contributed by atoms with van der Waals surface area (Å²) in [7, 11) is 0. The average Bonchev–Trinajstić information content (AvgIpc) is 3.19. The molecule has 26 heavy (non-hydrogen) atoms. The molecular weight excluding hydrogens is 350 g/mol. The normalized spacial score (nSPS) is 11.2. The molecule has 0 fully saturated rings. The van der Waals surface area contributed by atoms with E-state index < -0.39 is 0 Å². The molecule has 1 N–H and O–H groups in total. The van der Waals surface area contributed by atoms with Crippen LogP contribution < -0.4 is 5.32 Å². The first-order chi connectivity index (χ1) is 12.5.